The summed E-state index contributed by atoms with van der Waals surface area (Å²) in [5, 5.41) is 10.8. The van der Waals surface area contributed by atoms with E-state index >= 15 is 0 Å². The second-order valence-electron chi connectivity index (χ2n) is 5.82. The zero-order valence-electron chi connectivity index (χ0n) is 15.2. The molecule has 0 radical (unpaired) electrons. The molecule has 1 aromatic carbocycles. The lowest BCUT2D eigenvalue weighted by molar-refractivity contribution is -0.384. The van der Waals surface area contributed by atoms with Gasteiger partial charge in [0.25, 0.3) is 11.2 Å². The van der Waals surface area contributed by atoms with Gasteiger partial charge in [-0.05, 0) is 24.3 Å². The van der Waals surface area contributed by atoms with Crippen molar-refractivity contribution >= 4 is 28.5 Å². The second-order valence-corrected chi connectivity index (χ2v) is 6.94. The minimum Gasteiger partial charge on any atom is -0.382 e. The molecule has 0 amide bonds. The molecule has 3 aromatic rings. The molecule has 0 unspecified atom stereocenters. The molecular weight excluding hydrogens is 382 g/mol. The molecule has 0 N–H and O–H groups in total. The highest BCUT2D eigenvalue weighted by Crippen LogP contribution is 2.33. The third kappa shape index (κ3) is 4.75. The van der Waals surface area contributed by atoms with Gasteiger partial charge in [0.05, 0.1) is 35.8 Å². The smallest absolute Gasteiger partial charge is 0.269 e. The zero-order chi connectivity index (χ0) is 19.9. The van der Waals surface area contributed by atoms with Gasteiger partial charge in [-0.2, -0.15) is 0 Å². The van der Waals surface area contributed by atoms with Crippen molar-refractivity contribution < 1.29 is 14.4 Å². The monoisotopic (exact) mass is 401 g/mol. The van der Waals surface area contributed by atoms with Gasteiger partial charge in [-0.25, -0.2) is 0 Å². The van der Waals surface area contributed by atoms with E-state index in [0.717, 1.165) is 9.79 Å². The first kappa shape index (κ1) is 20.0. The molecule has 0 fully saturated rings. The number of pyridine rings is 2. The highest BCUT2D eigenvalue weighted by atomic mass is 32.2. The Morgan fingerprint density at radius 3 is 2.61 bits per heavy atom. The van der Waals surface area contributed by atoms with Crippen LogP contribution in [0, 0.1) is 10.1 Å². The molecule has 3 rings (SSSR count). The highest BCUT2D eigenvalue weighted by Gasteiger charge is 2.11. The molecule has 0 aliphatic carbocycles. The summed E-state index contributed by atoms with van der Waals surface area (Å²) in [7, 11) is 1.60. The first-order chi connectivity index (χ1) is 13.6. The third-order valence-corrected chi connectivity index (χ3v) is 5.06. The first-order valence-corrected chi connectivity index (χ1v) is 9.39. The molecule has 8 nitrogen and oxygen atoms in total. The van der Waals surface area contributed by atoms with Crippen LogP contribution in [-0.4, -0.2) is 41.4 Å². The Hall–Kier alpha value is -2.75. The maximum absolute atomic E-state index is 12.4. The molecule has 2 heterocycles. The van der Waals surface area contributed by atoms with Crippen molar-refractivity contribution in [1.29, 1.82) is 0 Å². The van der Waals surface area contributed by atoms with E-state index in [1.165, 1.54) is 30.0 Å². The second kappa shape index (κ2) is 9.45. The fourth-order valence-corrected chi connectivity index (χ4v) is 3.63. The summed E-state index contributed by atoms with van der Waals surface area (Å²) in [5.41, 5.74) is 1.31. The summed E-state index contributed by atoms with van der Waals surface area (Å²) in [6.07, 6.45) is 1.68. The molecule has 0 saturated heterocycles. The largest absolute Gasteiger partial charge is 0.382 e. The van der Waals surface area contributed by atoms with E-state index in [9.17, 15) is 14.9 Å². The predicted octanol–water partition coefficient (Wildman–Crippen LogP) is 3.12. The van der Waals surface area contributed by atoms with Crippen molar-refractivity contribution in [2.75, 3.05) is 26.9 Å². The molecule has 2 aromatic heterocycles. The SMILES string of the molecule is COCCOCCn1c(=O)ccc2nccc(Sc3ccc([N+](=O)[O-])cc3)c21. The van der Waals surface area contributed by atoms with Crippen LogP contribution in [0.15, 0.2) is 63.2 Å². The first-order valence-electron chi connectivity index (χ1n) is 8.57. The fraction of sp³-hybridized carbons (Fsp3) is 0.263. The molecule has 0 spiro atoms. The number of hydrogen-bond donors (Lipinski definition) is 0. The van der Waals surface area contributed by atoms with Crippen LogP contribution in [0.4, 0.5) is 5.69 Å². The van der Waals surface area contributed by atoms with Gasteiger partial charge in [-0.15, -0.1) is 0 Å². The highest BCUT2D eigenvalue weighted by molar-refractivity contribution is 7.99. The quantitative estimate of drug-likeness (QED) is 0.309. The van der Waals surface area contributed by atoms with Gasteiger partial charge < -0.3 is 14.0 Å². The summed E-state index contributed by atoms with van der Waals surface area (Å²) in [4.78, 5) is 28.9. The Morgan fingerprint density at radius 1 is 1.11 bits per heavy atom. The van der Waals surface area contributed by atoms with Crippen molar-refractivity contribution in [2.45, 2.75) is 16.3 Å². The number of nitrogens with zero attached hydrogens (tertiary/aromatic N) is 3. The van der Waals surface area contributed by atoms with Gasteiger partial charge in [-0.1, -0.05) is 11.8 Å². The minimum atomic E-state index is -0.433. The van der Waals surface area contributed by atoms with Crippen molar-refractivity contribution in [2.24, 2.45) is 0 Å². The van der Waals surface area contributed by atoms with Crippen LogP contribution < -0.4 is 5.56 Å². The van der Waals surface area contributed by atoms with E-state index in [0.29, 0.717) is 37.4 Å². The van der Waals surface area contributed by atoms with Crippen LogP contribution in [0.1, 0.15) is 0 Å². The van der Waals surface area contributed by atoms with Crippen LogP contribution in [0.3, 0.4) is 0 Å². The molecule has 0 bridgehead atoms. The third-order valence-electron chi connectivity index (χ3n) is 4.00. The Balaban J connectivity index is 1.90. The van der Waals surface area contributed by atoms with E-state index < -0.39 is 4.92 Å². The van der Waals surface area contributed by atoms with Crippen molar-refractivity contribution in [3.8, 4) is 0 Å². The molecule has 146 valence electrons. The maximum atomic E-state index is 12.4. The number of nitro groups is 1. The summed E-state index contributed by atoms with van der Waals surface area (Å²) in [6, 6.07) is 11.3. The Labute approximate surface area is 165 Å². The summed E-state index contributed by atoms with van der Waals surface area (Å²) in [5.74, 6) is 0. The number of fused-ring (bicyclic) bond motifs is 1. The van der Waals surface area contributed by atoms with Crippen molar-refractivity contribution in [3.63, 3.8) is 0 Å². The van der Waals surface area contributed by atoms with Crippen molar-refractivity contribution in [3.05, 3.63) is 69.1 Å². The molecule has 0 atom stereocenters. The van der Waals surface area contributed by atoms with Crippen LogP contribution >= 0.6 is 11.8 Å². The van der Waals surface area contributed by atoms with E-state index in [4.69, 9.17) is 9.47 Å². The average Bonchev–Trinajstić information content (AvgIpc) is 2.70. The van der Waals surface area contributed by atoms with Crippen LogP contribution in [0.5, 0.6) is 0 Å². The Morgan fingerprint density at radius 2 is 1.89 bits per heavy atom. The van der Waals surface area contributed by atoms with E-state index in [-0.39, 0.29) is 11.2 Å². The fourth-order valence-electron chi connectivity index (χ4n) is 2.66. The number of hydrogen-bond acceptors (Lipinski definition) is 7. The number of benzene rings is 1. The maximum Gasteiger partial charge on any atom is 0.269 e. The van der Waals surface area contributed by atoms with Gasteiger partial charge in [0.2, 0.25) is 0 Å². The number of ether oxygens (including phenoxy) is 2. The summed E-state index contributed by atoms with van der Waals surface area (Å²) < 4.78 is 12.1. The molecule has 28 heavy (non-hydrogen) atoms. The number of nitro benzene ring substituents is 1. The topological polar surface area (TPSA) is 96.5 Å². The molecule has 0 aliphatic rings. The Kier molecular flexibility index (Phi) is 6.75. The van der Waals surface area contributed by atoms with Gasteiger partial charge in [0.15, 0.2) is 0 Å². The Bertz CT molecular complexity index is 1020. The lowest BCUT2D eigenvalue weighted by atomic mass is 10.3. The number of rotatable bonds is 9. The van der Waals surface area contributed by atoms with E-state index in [1.807, 2.05) is 6.07 Å². The van der Waals surface area contributed by atoms with Crippen LogP contribution in [0.25, 0.3) is 11.0 Å². The number of methoxy groups -OCH3 is 1. The van der Waals surface area contributed by atoms with Crippen LogP contribution in [-0.2, 0) is 16.0 Å². The normalized spacial score (nSPS) is 11.0. The average molecular weight is 401 g/mol. The van der Waals surface area contributed by atoms with E-state index in [1.54, 1.807) is 36.1 Å². The van der Waals surface area contributed by atoms with Gasteiger partial charge in [-0.3, -0.25) is 19.9 Å². The number of aromatic nitrogens is 2. The minimum absolute atomic E-state index is 0.0362. The molecule has 0 aliphatic heterocycles. The van der Waals surface area contributed by atoms with Gasteiger partial charge in [0, 0.05) is 47.8 Å². The van der Waals surface area contributed by atoms with Crippen molar-refractivity contribution in [1.82, 2.24) is 9.55 Å². The van der Waals surface area contributed by atoms with Gasteiger partial charge in [0.1, 0.15) is 0 Å². The summed E-state index contributed by atoms with van der Waals surface area (Å²) >= 11 is 1.42. The lowest BCUT2D eigenvalue weighted by Gasteiger charge is -2.13. The summed E-state index contributed by atoms with van der Waals surface area (Å²) in [6.45, 7) is 1.71. The standard InChI is InChI=1S/C19H19N3O5S/c1-26-12-13-27-11-10-21-18(23)7-6-16-19(21)17(8-9-20-16)28-15-4-2-14(3-5-15)22(24)25/h2-9H,10-13H2,1H3. The van der Waals surface area contributed by atoms with Gasteiger partial charge >= 0.3 is 0 Å². The lowest BCUT2D eigenvalue weighted by Crippen LogP contribution is -2.23. The van der Waals surface area contributed by atoms with E-state index in [2.05, 4.69) is 4.98 Å². The molecular formula is C19H19N3O5S. The predicted molar refractivity (Wildman–Crippen MR) is 106 cm³/mol. The molecule has 9 heteroatoms. The molecule has 0 saturated carbocycles. The number of non-ortho nitro benzene ring substituents is 1. The zero-order valence-corrected chi connectivity index (χ0v) is 16.1. The van der Waals surface area contributed by atoms with Crippen LogP contribution in [0.2, 0.25) is 0 Å².